The van der Waals surface area contributed by atoms with Crippen LogP contribution in [0.1, 0.15) is 20.8 Å². The Morgan fingerprint density at radius 3 is 2.48 bits per heavy atom. The van der Waals surface area contributed by atoms with Gasteiger partial charge in [-0.1, -0.05) is 11.6 Å². The van der Waals surface area contributed by atoms with Crippen molar-refractivity contribution in [3.05, 3.63) is 29.3 Å². The summed E-state index contributed by atoms with van der Waals surface area (Å²) in [4.78, 5) is 36.3. The highest BCUT2D eigenvalue weighted by Crippen LogP contribution is 2.16. The first-order chi connectivity index (χ1) is 12.7. The molecule has 0 spiro atoms. The number of benzene rings is 1. The van der Waals surface area contributed by atoms with E-state index in [0.29, 0.717) is 16.4 Å². The topological polar surface area (TPSA) is 128 Å². The van der Waals surface area contributed by atoms with Crippen LogP contribution >= 0.6 is 11.6 Å². The molecule has 0 aliphatic heterocycles. The van der Waals surface area contributed by atoms with E-state index in [2.05, 4.69) is 26.0 Å². The number of carbonyl (C=O) groups excluding carboxylic acids is 3. The predicted octanol–water partition coefficient (Wildman–Crippen LogP) is 1.16. The third-order valence-corrected chi connectivity index (χ3v) is 3.41. The molecule has 1 heterocycles. The number of carbonyl (C=O) groups is 3. The van der Waals surface area contributed by atoms with Crippen molar-refractivity contribution in [2.24, 2.45) is 0 Å². The highest BCUT2D eigenvalue weighted by Gasteiger charge is 2.21. The zero-order valence-corrected chi connectivity index (χ0v) is 15.7. The van der Waals surface area contributed by atoms with Gasteiger partial charge in [0.15, 0.2) is 12.6 Å². The Bertz CT molecular complexity index is 821. The second-order valence-electron chi connectivity index (χ2n) is 5.90. The highest BCUT2D eigenvalue weighted by atomic mass is 35.5. The van der Waals surface area contributed by atoms with Gasteiger partial charge in [0.25, 0.3) is 5.91 Å². The van der Waals surface area contributed by atoms with Gasteiger partial charge in [-0.15, -0.1) is 10.2 Å². The van der Waals surface area contributed by atoms with E-state index >= 15 is 0 Å². The second-order valence-corrected chi connectivity index (χ2v) is 6.34. The van der Waals surface area contributed by atoms with E-state index in [-0.39, 0.29) is 12.6 Å². The Hall–Kier alpha value is -3.01. The number of halogens is 1. The minimum absolute atomic E-state index is 0.135. The van der Waals surface area contributed by atoms with Crippen LogP contribution in [0.4, 0.5) is 4.79 Å². The van der Waals surface area contributed by atoms with Gasteiger partial charge in [-0.3, -0.25) is 10.1 Å². The number of nitrogens with zero attached hydrogens (tertiary/aromatic N) is 4. The lowest BCUT2D eigenvalue weighted by Crippen LogP contribution is -2.46. The zero-order valence-electron chi connectivity index (χ0n) is 15.0. The Kier molecular flexibility index (Phi) is 6.83. The van der Waals surface area contributed by atoms with Crippen molar-refractivity contribution < 1.29 is 19.1 Å². The van der Waals surface area contributed by atoms with Crippen molar-refractivity contribution >= 4 is 29.5 Å². The summed E-state index contributed by atoms with van der Waals surface area (Å²) in [6.45, 7) is 4.51. The molecular formula is C16H19ClN6O4. The van der Waals surface area contributed by atoms with Crippen molar-refractivity contribution in [1.82, 2.24) is 30.8 Å². The van der Waals surface area contributed by atoms with Crippen LogP contribution in [0.5, 0.6) is 0 Å². The molecule has 0 saturated carbocycles. The normalized spacial score (nSPS) is 11.7. The molecule has 2 N–H and O–H groups in total. The maximum atomic E-state index is 11.9. The van der Waals surface area contributed by atoms with E-state index in [9.17, 15) is 14.4 Å². The number of rotatable bonds is 6. The van der Waals surface area contributed by atoms with Crippen molar-refractivity contribution in [2.75, 3.05) is 0 Å². The molecule has 0 unspecified atom stereocenters. The minimum atomic E-state index is -1.16. The molecule has 0 bridgehead atoms. The van der Waals surface area contributed by atoms with Crippen LogP contribution in [0.25, 0.3) is 11.4 Å². The Morgan fingerprint density at radius 1 is 1.19 bits per heavy atom. The second kappa shape index (κ2) is 9.08. The summed E-state index contributed by atoms with van der Waals surface area (Å²) in [6.07, 6.45) is -1.16. The largest absolute Gasteiger partial charge is 0.451 e. The van der Waals surface area contributed by atoms with Gasteiger partial charge >= 0.3 is 12.0 Å². The number of nitrogens with one attached hydrogen (secondary N) is 2. The average molecular weight is 395 g/mol. The maximum Gasteiger partial charge on any atom is 0.330 e. The van der Waals surface area contributed by atoms with Gasteiger partial charge in [0.2, 0.25) is 5.82 Å². The van der Waals surface area contributed by atoms with Crippen LogP contribution in [0.2, 0.25) is 5.02 Å². The first kappa shape index (κ1) is 20.3. The fourth-order valence-corrected chi connectivity index (χ4v) is 2.07. The van der Waals surface area contributed by atoms with Crippen molar-refractivity contribution in [3.8, 4) is 11.4 Å². The number of amides is 3. The molecule has 2 rings (SSSR count). The number of hydrogen-bond donors (Lipinski definition) is 2. The monoisotopic (exact) mass is 394 g/mol. The molecule has 2 aromatic rings. The van der Waals surface area contributed by atoms with Crippen LogP contribution in [-0.2, 0) is 20.9 Å². The summed E-state index contributed by atoms with van der Waals surface area (Å²) in [7, 11) is 0. The molecule has 10 nitrogen and oxygen atoms in total. The molecule has 0 aliphatic rings. The summed E-state index contributed by atoms with van der Waals surface area (Å²) in [5.41, 5.74) is 0.683. The van der Waals surface area contributed by atoms with Gasteiger partial charge in [0, 0.05) is 16.6 Å². The lowest BCUT2D eigenvalue weighted by Gasteiger charge is -2.14. The minimum Gasteiger partial charge on any atom is -0.451 e. The van der Waals surface area contributed by atoms with Gasteiger partial charge in [-0.25, -0.2) is 9.59 Å². The molecule has 144 valence electrons. The number of ether oxygens (including phenoxy) is 1. The van der Waals surface area contributed by atoms with Crippen molar-refractivity contribution in [2.45, 2.75) is 39.5 Å². The van der Waals surface area contributed by atoms with E-state index in [1.165, 1.54) is 6.92 Å². The summed E-state index contributed by atoms with van der Waals surface area (Å²) in [5.74, 6) is -1.17. The standard InChI is InChI=1S/C16H19ClN6O4/c1-9(2)18-16(26)19-15(25)10(3)27-13(24)8-23-21-14(20-22-23)11-4-6-12(17)7-5-11/h4-7,9-10H,8H2,1-3H3,(H2,18,19,25,26)/t10-/m0/s1. The van der Waals surface area contributed by atoms with Crippen molar-refractivity contribution in [1.29, 1.82) is 0 Å². The summed E-state index contributed by atoms with van der Waals surface area (Å²) in [5, 5.41) is 16.8. The summed E-state index contributed by atoms with van der Waals surface area (Å²) in [6, 6.07) is 6.00. The molecule has 27 heavy (non-hydrogen) atoms. The van der Waals surface area contributed by atoms with E-state index in [1.54, 1.807) is 38.1 Å². The van der Waals surface area contributed by atoms with Gasteiger partial charge in [-0.05, 0) is 50.3 Å². The molecule has 3 amide bonds. The molecular weight excluding hydrogens is 376 g/mol. The highest BCUT2D eigenvalue weighted by molar-refractivity contribution is 6.30. The van der Waals surface area contributed by atoms with E-state index in [4.69, 9.17) is 16.3 Å². The molecule has 11 heteroatoms. The number of urea groups is 1. The average Bonchev–Trinajstić information content (AvgIpc) is 3.02. The Labute approximate surface area is 160 Å². The van der Waals surface area contributed by atoms with E-state index < -0.39 is 24.0 Å². The smallest absolute Gasteiger partial charge is 0.330 e. The number of aromatic nitrogens is 4. The molecule has 0 saturated heterocycles. The zero-order chi connectivity index (χ0) is 20.0. The van der Waals surface area contributed by atoms with Crippen LogP contribution in [0.3, 0.4) is 0 Å². The summed E-state index contributed by atoms with van der Waals surface area (Å²) < 4.78 is 4.98. The lowest BCUT2D eigenvalue weighted by atomic mass is 10.2. The van der Waals surface area contributed by atoms with Gasteiger partial charge in [0.1, 0.15) is 0 Å². The van der Waals surface area contributed by atoms with Crippen molar-refractivity contribution in [3.63, 3.8) is 0 Å². The van der Waals surface area contributed by atoms with Gasteiger partial charge in [-0.2, -0.15) is 4.80 Å². The van der Waals surface area contributed by atoms with Crippen LogP contribution in [-0.4, -0.2) is 50.3 Å². The Morgan fingerprint density at radius 2 is 1.85 bits per heavy atom. The number of hydrogen-bond acceptors (Lipinski definition) is 7. The molecule has 0 radical (unpaired) electrons. The van der Waals surface area contributed by atoms with Gasteiger partial charge < -0.3 is 10.1 Å². The first-order valence-corrected chi connectivity index (χ1v) is 8.47. The van der Waals surface area contributed by atoms with Crippen LogP contribution < -0.4 is 10.6 Å². The number of tetrazole rings is 1. The molecule has 0 fully saturated rings. The molecule has 1 atom stereocenters. The molecule has 1 aromatic heterocycles. The predicted molar refractivity (Wildman–Crippen MR) is 95.6 cm³/mol. The maximum absolute atomic E-state index is 11.9. The third-order valence-electron chi connectivity index (χ3n) is 3.16. The van der Waals surface area contributed by atoms with Crippen LogP contribution in [0, 0.1) is 0 Å². The van der Waals surface area contributed by atoms with E-state index in [1.807, 2.05) is 0 Å². The molecule has 0 aliphatic carbocycles. The van der Waals surface area contributed by atoms with Gasteiger partial charge in [0.05, 0.1) is 0 Å². The van der Waals surface area contributed by atoms with Crippen LogP contribution in [0.15, 0.2) is 24.3 Å². The Balaban J connectivity index is 1.87. The fourth-order valence-electron chi connectivity index (χ4n) is 1.94. The lowest BCUT2D eigenvalue weighted by molar-refractivity contribution is -0.155. The SMILES string of the molecule is CC(C)NC(=O)NC(=O)[C@H](C)OC(=O)Cn1nnc(-c2ccc(Cl)cc2)n1. The first-order valence-electron chi connectivity index (χ1n) is 8.09. The quantitative estimate of drug-likeness (QED) is 0.703. The number of imide groups is 1. The summed E-state index contributed by atoms with van der Waals surface area (Å²) >= 11 is 5.82. The molecule has 1 aromatic carbocycles. The van der Waals surface area contributed by atoms with E-state index in [0.717, 1.165) is 4.80 Å². The fraction of sp³-hybridized carbons (Fsp3) is 0.375. The third kappa shape index (κ3) is 6.33. The number of esters is 1.